The molecule has 0 aliphatic heterocycles. The van der Waals surface area contributed by atoms with Crippen molar-refractivity contribution in [2.75, 3.05) is 0 Å². The molecule has 2 rings (SSSR count). The van der Waals surface area contributed by atoms with Gasteiger partial charge in [0, 0.05) is 17.8 Å². The second-order valence-corrected chi connectivity index (χ2v) is 4.23. The van der Waals surface area contributed by atoms with Gasteiger partial charge in [0.1, 0.15) is 5.82 Å². The van der Waals surface area contributed by atoms with Crippen molar-refractivity contribution in [3.8, 4) is 0 Å². The first-order chi connectivity index (χ1) is 9.38. The molecule has 104 valence electrons. The Kier molecular flexibility index (Phi) is 3.47. The van der Waals surface area contributed by atoms with E-state index in [0.29, 0.717) is 0 Å². The number of aromatic amines is 1. The predicted octanol–water partition coefficient (Wildman–Crippen LogP) is 0.941. The standard InChI is InChI=1S/C12H10FN3O4/c1-7-5-15(12(18)14-11(7)17)6-8-4-9(13)2-3-10(8)16(19)20/h2-5H,6H2,1H3,(H,14,17,18). The van der Waals surface area contributed by atoms with Gasteiger partial charge in [0.2, 0.25) is 0 Å². The van der Waals surface area contributed by atoms with Crippen molar-refractivity contribution >= 4 is 5.69 Å². The molecule has 0 radical (unpaired) electrons. The Hall–Kier alpha value is -2.77. The van der Waals surface area contributed by atoms with E-state index in [1.54, 1.807) is 0 Å². The Bertz CT molecular complexity index is 794. The molecule has 8 heteroatoms. The van der Waals surface area contributed by atoms with E-state index in [1.165, 1.54) is 13.1 Å². The molecular weight excluding hydrogens is 269 g/mol. The lowest BCUT2D eigenvalue weighted by atomic mass is 10.1. The number of nitrogens with zero attached hydrogens (tertiary/aromatic N) is 2. The Balaban J connectivity index is 2.52. The lowest BCUT2D eigenvalue weighted by Crippen LogP contribution is -2.31. The van der Waals surface area contributed by atoms with Crippen molar-refractivity contribution in [1.82, 2.24) is 9.55 Å². The van der Waals surface area contributed by atoms with Gasteiger partial charge in [0.25, 0.3) is 11.2 Å². The summed E-state index contributed by atoms with van der Waals surface area (Å²) in [6, 6.07) is 3.00. The van der Waals surface area contributed by atoms with Gasteiger partial charge in [-0.15, -0.1) is 0 Å². The van der Waals surface area contributed by atoms with Crippen molar-refractivity contribution in [1.29, 1.82) is 0 Å². The number of nitro benzene ring substituents is 1. The first-order valence-corrected chi connectivity index (χ1v) is 5.61. The highest BCUT2D eigenvalue weighted by atomic mass is 19.1. The maximum absolute atomic E-state index is 13.2. The largest absolute Gasteiger partial charge is 0.328 e. The molecule has 1 aromatic carbocycles. The summed E-state index contributed by atoms with van der Waals surface area (Å²) >= 11 is 0. The zero-order valence-electron chi connectivity index (χ0n) is 10.4. The number of hydrogen-bond donors (Lipinski definition) is 1. The predicted molar refractivity (Wildman–Crippen MR) is 68.2 cm³/mol. The molecule has 0 atom stereocenters. The molecule has 0 aliphatic rings. The van der Waals surface area contributed by atoms with Gasteiger partial charge in [-0.3, -0.25) is 24.5 Å². The maximum atomic E-state index is 13.2. The summed E-state index contributed by atoms with van der Waals surface area (Å²) in [7, 11) is 0. The molecule has 0 fully saturated rings. The fraction of sp³-hybridized carbons (Fsp3) is 0.167. The first-order valence-electron chi connectivity index (χ1n) is 5.61. The minimum atomic E-state index is -0.709. The third-order valence-corrected chi connectivity index (χ3v) is 2.77. The molecular formula is C12H10FN3O4. The van der Waals surface area contributed by atoms with Crippen LogP contribution >= 0.6 is 0 Å². The van der Waals surface area contributed by atoms with E-state index in [9.17, 15) is 24.1 Å². The summed E-state index contributed by atoms with van der Waals surface area (Å²) in [5.41, 5.74) is -1.20. The summed E-state index contributed by atoms with van der Waals surface area (Å²) < 4.78 is 14.3. The lowest BCUT2D eigenvalue weighted by molar-refractivity contribution is -0.385. The number of rotatable bonds is 3. The van der Waals surface area contributed by atoms with Crippen LogP contribution in [0.15, 0.2) is 34.0 Å². The highest BCUT2D eigenvalue weighted by Gasteiger charge is 2.15. The Morgan fingerprint density at radius 3 is 2.75 bits per heavy atom. The van der Waals surface area contributed by atoms with Gasteiger partial charge in [-0.1, -0.05) is 0 Å². The van der Waals surface area contributed by atoms with Crippen LogP contribution in [0.2, 0.25) is 0 Å². The zero-order valence-corrected chi connectivity index (χ0v) is 10.4. The Morgan fingerprint density at radius 1 is 1.40 bits per heavy atom. The van der Waals surface area contributed by atoms with E-state index in [2.05, 4.69) is 4.98 Å². The van der Waals surface area contributed by atoms with E-state index < -0.39 is 22.0 Å². The SMILES string of the molecule is Cc1cn(Cc2cc(F)ccc2[N+](=O)[O-])c(=O)[nH]c1=O. The van der Waals surface area contributed by atoms with Gasteiger partial charge in [-0.25, -0.2) is 9.18 Å². The van der Waals surface area contributed by atoms with Gasteiger partial charge in [0.15, 0.2) is 0 Å². The molecule has 0 saturated heterocycles. The number of hydrogen-bond acceptors (Lipinski definition) is 4. The van der Waals surface area contributed by atoms with Crippen LogP contribution in [-0.2, 0) is 6.54 Å². The summed E-state index contributed by atoms with van der Waals surface area (Å²) in [6.45, 7) is 1.29. The van der Waals surface area contributed by atoms with Gasteiger partial charge < -0.3 is 0 Å². The van der Waals surface area contributed by atoms with Crippen LogP contribution in [0.4, 0.5) is 10.1 Å². The molecule has 2 aromatic rings. The first kappa shape index (κ1) is 13.7. The maximum Gasteiger partial charge on any atom is 0.328 e. The molecule has 1 aromatic heterocycles. The molecule has 0 unspecified atom stereocenters. The van der Waals surface area contributed by atoms with Crippen molar-refractivity contribution in [2.24, 2.45) is 0 Å². The van der Waals surface area contributed by atoms with Crippen LogP contribution < -0.4 is 11.2 Å². The molecule has 0 aliphatic carbocycles. The molecule has 7 nitrogen and oxygen atoms in total. The molecule has 0 bridgehead atoms. The van der Waals surface area contributed by atoms with E-state index in [0.717, 1.165) is 22.8 Å². The smallest absolute Gasteiger partial charge is 0.296 e. The lowest BCUT2D eigenvalue weighted by Gasteiger charge is -2.07. The van der Waals surface area contributed by atoms with Crippen LogP contribution in [0, 0.1) is 22.9 Å². The second kappa shape index (κ2) is 5.08. The van der Waals surface area contributed by atoms with Crippen LogP contribution in [0.1, 0.15) is 11.1 Å². The van der Waals surface area contributed by atoms with Crippen LogP contribution in [0.3, 0.4) is 0 Å². The number of halogens is 1. The number of H-pyrrole nitrogens is 1. The van der Waals surface area contributed by atoms with Crippen LogP contribution in [0.25, 0.3) is 0 Å². The second-order valence-electron chi connectivity index (χ2n) is 4.23. The summed E-state index contributed by atoms with van der Waals surface area (Å²) in [5, 5.41) is 10.9. The highest BCUT2D eigenvalue weighted by molar-refractivity contribution is 5.40. The Labute approximate surface area is 111 Å². The molecule has 20 heavy (non-hydrogen) atoms. The van der Waals surface area contributed by atoms with E-state index in [-0.39, 0.29) is 23.4 Å². The van der Waals surface area contributed by atoms with Crippen molar-refractivity contribution < 1.29 is 9.31 Å². The van der Waals surface area contributed by atoms with Gasteiger partial charge in [-0.05, 0) is 19.1 Å². The summed E-state index contributed by atoms with van der Waals surface area (Å²) in [6.07, 6.45) is 1.27. The number of benzene rings is 1. The molecule has 0 spiro atoms. The molecule has 1 N–H and O–H groups in total. The normalized spacial score (nSPS) is 10.5. The highest BCUT2D eigenvalue weighted by Crippen LogP contribution is 2.20. The monoisotopic (exact) mass is 279 g/mol. The van der Waals surface area contributed by atoms with Gasteiger partial charge >= 0.3 is 5.69 Å². The fourth-order valence-corrected chi connectivity index (χ4v) is 1.78. The summed E-state index contributed by atoms with van der Waals surface area (Å²) in [5.74, 6) is -0.639. The van der Waals surface area contributed by atoms with Crippen molar-refractivity contribution in [2.45, 2.75) is 13.5 Å². The third-order valence-electron chi connectivity index (χ3n) is 2.77. The average Bonchev–Trinajstić information content (AvgIpc) is 2.35. The minimum absolute atomic E-state index is 0.0450. The van der Waals surface area contributed by atoms with Gasteiger partial charge in [0.05, 0.1) is 17.0 Å². The number of aryl methyl sites for hydroxylation is 1. The third kappa shape index (κ3) is 2.63. The van der Waals surface area contributed by atoms with Crippen molar-refractivity contribution in [3.05, 3.63) is 72.3 Å². The number of aromatic nitrogens is 2. The molecule has 0 saturated carbocycles. The Morgan fingerprint density at radius 2 is 2.10 bits per heavy atom. The average molecular weight is 279 g/mol. The van der Waals surface area contributed by atoms with Crippen molar-refractivity contribution in [3.63, 3.8) is 0 Å². The minimum Gasteiger partial charge on any atom is -0.296 e. The van der Waals surface area contributed by atoms with E-state index in [4.69, 9.17) is 0 Å². The van der Waals surface area contributed by atoms with E-state index >= 15 is 0 Å². The quantitative estimate of drug-likeness (QED) is 0.667. The summed E-state index contributed by atoms with van der Waals surface area (Å²) in [4.78, 5) is 35.1. The zero-order chi connectivity index (χ0) is 14.9. The topological polar surface area (TPSA) is 98.0 Å². The van der Waals surface area contributed by atoms with Crippen LogP contribution in [-0.4, -0.2) is 14.5 Å². The van der Waals surface area contributed by atoms with Crippen LogP contribution in [0.5, 0.6) is 0 Å². The van der Waals surface area contributed by atoms with E-state index in [1.807, 2.05) is 0 Å². The fourth-order valence-electron chi connectivity index (χ4n) is 1.78. The number of nitrogens with one attached hydrogen (secondary N) is 1. The molecule has 1 heterocycles. The molecule has 0 amide bonds. The number of nitro groups is 1. The van der Waals surface area contributed by atoms with Gasteiger partial charge in [-0.2, -0.15) is 0 Å².